The van der Waals surface area contributed by atoms with Crippen molar-refractivity contribution in [2.45, 2.75) is 6.04 Å². The van der Waals surface area contributed by atoms with Crippen molar-refractivity contribution in [1.82, 2.24) is 14.6 Å². The smallest absolute Gasteiger partial charge is 0.280 e. The molecule has 2 N–H and O–H groups in total. The van der Waals surface area contributed by atoms with Crippen LogP contribution in [0.2, 0.25) is 5.02 Å². The van der Waals surface area contributed by atoms with Gasteiger partial charge in [-0.15, -0.1) is 0 Å². The van der Waals surface area contributed by atoms with Gasteiger partial charge in [-0.3, -0.25) is 4.79 Å². The maximum absolute atomic E-state index is 13.3. The predicted molar refractivity (Wildman–Crippen MR) is 116 cm³/mol. The van der Waals surface area contributed by atoms with Gasteiger partial charge >= 0.3 is 0 Å². The minimum absolute atomic E-state index is 0.132. The first-order valence-corrected chi connectivity index (χ1v) is 9.74. The van der Waals surface area contributed by atoms with Crippen molar-refractivity contribution in [3.8, 4) is 11.5 Å². The van der Waals surface area contributed by atoms with Crippen molar-refractivity contribution in [1.29, 1.82) is 0 Å². The molecule has 3 heterocycles. The number of nitrogens with zero attached hydrogens (tertiary/aromatic N) is 2. The number of hydrogen-bond acceptors (Lipinski definition) is 3. The second-order valence-electron chi connectivity index (χ2n) is 7.14. The quantitative estimate of drug-likeness (QED) is 0.424. The topological polar surface area (TPSA) is 62.7 Å². The molecule has 140 valence electrons. The molecule has 6 heteroatoms. The van der Waals surface area contributed by atoms with Crippen LogP contribution in [-0.4, -0.2) is 14.6 Å². The first kappa shape index (κ1) is 16.4. The highest BCUT2D eigenvalue weighted by molar-refractivity contribution is 6.31. The largest absolute Gasteiger partial charge is 0.352 e. The molecule has 0 spiro atoms. The van der Waals surface area contributed by atoms with Gasteiger partial charge in [0, 0.05) is 21.5 Å². The summed E-state index contributed by atoms with van der Waals surface area (Å²) in [4.78, 5) is 21.6. The number of nitrogens with one attached hydrogen (secondary N) is 2. The summed E-state index contributed by atoms with van der Waals surface area (Å²) in [5.74, 6) is 0.572. The zero-order chi connectivity index (χ0) is 19.5. The molecule has 0 fully saturated rings. The van der Waals surface area contributed by atoms with Gasteiger partial charge in [0.25, 0.3) is 5.56 Å². The van der Waals surface area contributed by atoms with Crippen molar-refractivity contribution in [2.75, 3.05) is 5.43 Å². The number of para-hydroxylation sites is 2. The van der Waals surface area contributed by atoms with E-state index in [9.17, 15) is 4.79 Å². The molecule has 2 aromatic heterocycles. The maximum Gasteiger partial charge on any atom is 0.280 e. The minimum Gasteiger partial charge on any atom is -0.352 e. The van der Waals surface area contributed by atoms with E-state index in [-0.39, 0.29) is 11.6 Å². The molecule has 1 atom stereocenters. The van der Waals surface area contributed by atoms with Gasteiger partial charge in [-0.05, 0) is 29.8 Å². The number of H-pyrrole nitrogens is 1. The Bertz CT molecular complexity index is 1480. The van der Waals surface area contributed by atoms with Crippen LogP contribution in [0.15, 0.2) is 77.6 Å². The highest BCUT2D eigenvalue weighted by Gasteiger charge is 2.32. The lowest BCUT2D eigenvalue weighted by Gasteiger charge is -2.29. The molecule has 29 heavy (non-hydrogen) atoms. The average Bonchev–Trinajstić information content (AvgIpc) is 3.14. The van der Waals surface area contributed by atoms with Crippen LogP contribution >= 0.6 is 11.6 Å². The number of rotatable bonds is 1. The molecule has 0 saturated heterocycles. The molecule has 0 bridgehead atoms. The van der Waals surface area contributed by atoms with Gasteiger partial charge in [0.05, 0.1) is 22.6 Å². The first-order valence-electron chi connectivity index (χ1n) is 9.36. The zero-order valence-electron chi connectivity index (χ0n) is 15.2. The number of benzene rings is 3. The summed E-state index contributed by atoms with van der Waals surface area (Å²) in [7, 11) is 0. The molecule has 1 unspecified atom stereocenters. The third-order valence-corrected chi connectivity index (χ3v) is 5.85. The summed E-state index contributed by atoms with van der Waals surface area (Å²) in [6.45, 7) is 0. The van der Waals surface area contributed by atoms with E-state index in [2.05, 4.69) is 16.5 Å². The summed E-state index contributed by atoms with van der Waals surface area (Å²) in [6.07, 6.45) is 0. The van der Waals surface area contributed by atoms with Crippen LogP contribution in [0.1, 0.15) is 17.2 Å². The van der Waals surface area contributed by atoms with E-state index in [4.69, 9.17) is 16.6 Å². The molecular formula is C23H15ClN4O. The third kappa shape index (κ3) is 2.28. The first-order chi connectivity index (χ1) is 14.2. The van der Waals surface area contributed by atoms with Crippen molar-refractivity contribution in [2.24, 2.45) is 0 Å². The Morgan fingerprint density at radius 1 is 0.897 bits per heavy atom. The lowest BCUT2D eigenvalue weighted by molar-refractivity contribution is 0.711. The van der Waals surface area contributed by atoms with Crippen molar-refractivity contribution in [3.05, 3.63) is 99.3 Å². The van der Waals surface area contributed by atoms with Gasteiger partial charge in [0.2, 0.25) is 0 Å². The van der Waals surface area contributed by atoms with Crippen LogP contribution < -0.4 is 11.0 Å². The van der Waals surface area contributed by atoms with Gasteiger partial charge in [0.15, 0.2) is 5.82 Å². The van der Waals surface area contributed by atoms with Gasteiger partial charge in [0.1, 0.15) is 0 Å². The number of fused-ring (bicyclic) bond motifs is 6. The Morgan fingerprint density at radius 3 is 2.48 bits per heavy atom. The minimum atomic E-state index is -0.289. The summed E-state index contributed by atoms with van der Waals surface area (Å²) < 4.78 is 1.54. The Labute approximate surface area is 170 Å². The van der Waals surface area contributed by atoms with Gasteiger partial charge < -0.3 is 10.4 Å². The fourth-order valence-electron chi connectivity index (χ4n) is 4.19. The molecule has 0 radical (unpaired) electrons. The molecule has 1 aliphatic heterocycles. The van der Waals surface area contributed by atoms with E-state index >= 15 is 0 Å². The normalized spacial score (nSPS) is 15.1. The van der Waals surface area contributed by atoms with E-state index in [0.717, 1.165) is 27.7 Å². The molecule has 6 rings (SSSR count). The maximum atomic E-state index is 13.3. The third-order valence-electron chi connectivity index (χ3n) is 5.51. The van der Waals surface area contributed by atoms with Crippen LogP contribution in [0.5, 0.6) is 0 Å². The Hall–Kier alpha value is -3.57. The molecular weight excluding hydrogens is 384 g/mol. The van der Waals surface area contributed by atoms with E-state index in [1.807, 2.05) is 60.7 Å². The standard InChI is InChI=1S/C23H15ClN4O/c24-16-10-4-1-7-13(16)20-19-14-8-2-5-11-17(14)25-21(19)22-26-18-12-6-3-9-15(18)23(29)28(22)27-20/h1-12,20,25,27H. The molecule has 3 aromatic carbocycles. The molecule has 5 nitrogen and oxygen atoms in total. The second kappa shape index (κ2) is 5.96. The van der Waals surface area contributed by atoms with Crippen LogP contribution in [-0.2, 0) is 0 Å². The van der Waals surface area contributed by atoms with Gasteiger partial charge in [-0.1, -0.05) is 60.1 Å². The fourth-order valence-corrected chi connectivity index (χ4v) is 4.43. The van der Waals surface area contributed by atoms with Crippen molar-refractivity contribution in [3.63, 3.8) is 0 Å². The van der Waals surface area contributed by atoms with Crippen LogP contribution in [0.3, 0.4) is 0 Å². The lowest BCUT2D eigenvalue weighted by atomic mass is 9.94. The summed E-state index contributed by atoms with van der Waals surface area (Å²) >= 11 is 6.55. The Morgan fingerprint density at radius 2 is 1.62 bits per heavy atom. The molecule has 1 aliphatic rings. The van der Waals surface area contributed by atoms with E-state index < -0.39 is 0 Å². The van der Waals surface area contributed by atoms with E-state index in [0.29, 0.717) is 21.7 Å². The SMILES string of the molecule is O=c1c2ccccc2nc2n1NC(c1ccccc1Cl)c1c-2[nH]c2ccccc12. The summed E-state index contributed by atoms with van der Waals surface area (Å²) in [5, 5.41) is 2.29. The molecule has 5 aromatic rings. The summed E-state index contributed by atoms with van der Waals surface area (Å²) in [6, 6.07) is 22.9. The summed E-state index contributed by atoms with van der Waals surface area (Å²) in [5.41, 5.74) is 7.70. The second-order valence-corrected chi connectivity index (χ2v) is 7.54. The van der Waals surface area contributed by atoms with Crippen LogP contribution in [0, 0.1) is 0 Å². The van der Waals surface area contributed by atoms with Crippen LogP contribution in [0.4, 0.5) is 0 Å². The highest BCUT2D eigenvalue weighted by Crippen LogP contribution is 2.41. The van der Waals surface area contributed by atoms with Gasteiger partial charge in [-0.25, -0.2) is 9.66 Å². The Balaban J connectivity index is 1.74. The van der Waals surface area contributed by atoms with E-state index in [1.165, 1.54) is 4.68 Å². The molecule has 0 amide bonds. The Kier molecular flexibility index (Phi) is 3.37. The van der Waals surface area contributed by atoms with Crippen molar-refractivity contribution < 1.29 is 0 Å². The number of hydrogen-bond donors (Lipinski definition) is 2. The monoisotopic (exact) mass is 398 g/mol. The van der Waals surface area contributed by atoms with Crippen molar-refractivity contribution >= 4 is 33.4 Å². The van der Waals surface area contributed by atoms with E-state index in [1.54, 1.807) is 6.07 Å². The number of aromatic nitrogens is 3. The van der Waals surface area contributed by atoms with Crippen LogP contribution in [0.25, 0.3) is 33.3 Å². The van der Waals surface area contributed by atoms with Gasteiger partial charge in [-0.2, -0.15) is 0 Å². The molecule has 0 aliphatic carbocycles. The number of halogens is 1. The zero-order valence-corrected chi connectivity index (χ0v) is 15.9. The average molecular weight is 399 g/mol. The molecule has 0 saturated carbocycles. The fraction of sp³-hybridized carbons (Fsp3) is 0.0435. The predicted octanol–water partition coefficient (Wildman–Crippen LogP) is 4.84. The number of aromatic amines is 1. The lowest BCUT2D eigenvalue weighted by Crippen LogP contribution is -2.37. The highest BCUT2D eigenvalue weighted by atomic mass is 35.5.